The smallest absolute Gasteiger partial charge is 0.135 e. The summed E-state index contributed by atoms with van der Waals surface area (Å²) < 4.78 is 11.5. The second kappa shape index (κ2) is 6.09. The van der Waals surface area contributed by atoms with Crippen molar-refractivity contribution < 1.29 is 9.15 Å². The summed E-state index contributed by atoms with van der Waals surface area (Å²) in [4.78, 5) is 0. The minimum atomic E-state index is -0.0712. The average molecular weight is 295 g/mol. The summed E-state index contributed by atoms with van der Waals surface area (Å²) in [5.74, 6) is 2.37. The van der Waals surface area contributed by atoms with Gasteiger partial charge in [-0.15, -0.1) is 11.6 Å². The molecular formula is C17H23ClO2. The van der Waals surface area contributed by atoms with Crippen LogP contribution in [0.3, 0.4) is 0 Å². The second-order valence-corrected chi connectivity index (χ2v) is 6.19. The van der Waals surface area contributed by atoms with E-state index >= 15 is 0 Å². The molecule has 1 unspecified atom stereocenters. The molecule has 0 fully saturated rings. The third kappa shape index (κ3) is 2.67. The number of ether oxygens (including phenoxy) is 1. The summed E-state index contributed by atoms with van der Waals surface area (Å²) in [5.41, 5.74) is 3.26. The summed E-state index contributed by atoms with van der Waals surface area (Å²) in [6.07, 6.45) is 1.83. The van der Waals surface area contributed by atoms with Crippen molar-refractivity contribution >= 4 is 22.6 Å². The topological polar surface area (TPSA) is 22.4 Å². The van der Waals surface area contributed by atoms with E-state index in [2.05, 4.69) is 27.7 Å². The van der Waals surface area contributed by atoms with Crippen LogP contribution in [0, 0.1) is 12.8 Å². The first-order valence-electron chi connectivity index (χ1n) is 7.22. The zero-order valence-corrected chi connectivity index (χ0v) is 13.7. The Morgan fingerprint density at radius 3 is 2.55 bits per heavy atom. The SMILES string of the molecule is CCc1c(OC)ccc2oc(C(Cl)CC(C)C)c(C)c12. The van der Waals surface area contributed by atoms with E-state index in [1.54, 1.807) is 7.11 Å². The van der Waals surface area contributed by atoms with Gasteiger partial charge >= 0.3 is 0 Å². The normalized spacial score (nSPS) is 13.2. The van der Waals surface area contributed by atoms with Crippen LogP contribution < -0.4 is 4.74 Å². The standard InChI is InChI=1S/C17H23ClO2/c1-6-12-14(19-5)7-8-15-16(12)11(4)17(20-15)13(18)9-10(2)3/h7-8,10,13H,6,9H2,1-5H3. The number of alkyl halides is 1. The lowest BCUT2D eigenvalue weighted by Gasteiger charge is -2.10. The van der Waals surface area contributed by atoms with Crippen LogP contribution >= 0.6 is 11.6 Å². The van der Waals surface area contributed by atoms with E-state index in [1.165, 1.54) is 5.56 Å². The molecule has 1 atom stereocenters. The van der Waals surface area contributed by atoms with E-state index in [4.69, 9.17) is 20.8 Å². The molecule has 0 aliphatic carbocycles. The van der Waals surface area contributed by atoms with Gasteiger partial charge in [0.05, 0.1) is 12.5 Å². The summed E-state index contributed by atoms with van der Waals surface area (Å²) >= 11 is 6.52. The van der Waals surface area contributed by atoms with Gasteiger partial charge < -0.3 is 9.15 Å². The quantitative estimate of drug-likeness (QED) is 0.666. The van der Waals surface area contributed by atoms with Crippen molar-refractivity contribution in [2.24, 2.45) is 5.92 Å². The van der Waals surface area contributed by atoms with Gasteiger partial charge in [-0.25, -0.2) is 0 Å². The van der Waals surface area contributed by atoms with Gasteiger partial charge in [-0.05, 0) is 37.8 Å². The van der Waals surface area contributed by atoms with Crippen LogP contribution in [0.1, 0.15) is 49.5 Å². The zero-order chi connectivity index (χ0) is 14.9. The molecule has 2 nitrogen and oxygen atoms in total. The van der Waals surface area contributed by atoms with Crippen LogP contribution in [0.25, 0.3) is 11.0 Å². The van der Waals surface area contributed by atoms with Gasteiger partial charge in [0.15, 0.2) is 0 Å². The Bertz CT molecular complexity index is 599. The first-order chi connectivity index (χ1) is 9.49. The van der Waals surface area contributed by atoms with Crippen molar-refractivity contribution in [2.45, 2.75) is 45.9 Å². The molecule has 0 saturated heterocycles. The van der Waals surface area contributed by atoms with Crippen LogP contribution in [-0.2, 0) is 6.42 Å². The van der Waals surface area contributed by atoms with Crippen LogP contribution in [0.15, 0.2) is 16.5 Å². The molecule has 2 aromatic rings. The number of aryl methyl sites for hydroxylation is 2. The maximum atomic E-state index is 6.52. The highest BCUT2D eigenvalue weighted by atomic mass is 35.5. The highest BCUT2D eigenvalue weighted by molar-refractivity contribution is 6.20. The van der Waals surface area contributed by atoms with Crippen molar-refractivity contribution in [2.75, 3.05) is 7.11 Å². The molecule has 0 amide bonds. The fourth-order valence-corrected chi connectivity index (χ4v) is 3.35. The van der Waals surface area contributed by atoms with Gasteiger partial charge in [0.1, 0.15) is 17.1 Å². The Hall–Kier alpha value is -1.15. The first-order valence-corrected chi connectivity index (χ1v) is 7.66. The van der Waals surface area contributed by atoms with Gasteiger partial charge in [0.25, 0.3) is 0 Å². The van der Waals surface area contributed by atoms with Crippen molar-refractivity contribution in [3.05, 3.63) is 29.0 Å². The van der Waals surface area contributed by atoms with Gasteiger partial charge in [-0.1, -0.05) is 20.8 Å². The summed E-state index contributed by atoms with van der Waals surface area (Å²) in [5, 5.41) is 1.09. The van der Waals surface area contributed by atoms with E-state index in [0.29, 0.717) is 5.92 Å². The molecule has 0 saturated carbocycles. The minimum absolute atomic E-state index is 0.0712. The molecule has 110 valence electrons. The highest BCUT2D eigenvalue weighted by Crippen LogP contribution is 2.39. The third-order valence-corrected chi connectivity index (χ3v) is 4.11. The molecular weight excluding hydrogens is 272 g/mol. The molecule has 0 bridgehead atoms. The van der Waals surface area contributed by atoms with E-state index < -0.39 is 0 Å². The summed E-state index contributed by atoms with van der Waals surface area (Å²) in [6.45, 7) is 8.58. The van der Waals surface area contributed by atoms with Crippen molar-refractivity contribution in [3.63, 3.8) is 0 Å². The fourth-order valence-electron chi connectivity index (χ4n) is 2.78. The number of fused-ring (bicyclic) bond motifs is 1. The van der Waals surface area contributed by atoms with E-state index in [1.807, 2.05) is 12.1 Å². The lowest BCUT2D eigenvalue weighted by molar-refractivity contribution is 0.410. The number of methoxy groups -OCH3 is 1. The number of rotatable bonds is 5. The van der Waals surface area contributed by atoms with E-state index in [0.717, 1.165) is 40.9 Å². The van der Waals surface area contributed by atoms with Crippen LogP contribution in [-0.4, -0.2) is 7.11 Å². The first kappa shape index (κ1) is 15.2. The molecule has 1 aromatic heterocycles. The molecule has 2 rings (SSSR count). The number of hydrogen-bond acceptors (Lipinski definition) is 2. The minimum Gasteiger partial charge on any atom is -0.496 e. The number of hydrogen-bond donors (Lipinski definition) is 0. The van der Waals surface area contributed by atoms with Crippen molar-refractivity contribution in [1.29, 1.82) is 0 Å². The monoisotopic (exact) mass is 294 g/mol. The Kier molecular flexibility index (Phi) is 4.64. The average Bonchev–Trinajstić information content (AvgIpc) is 2.74. The number of halogens is 1. The highest BCUT2D eigenvalue weighted by Gasteiger charge is 2.22. The van der Waals surface area contributed by atoms with Crippen LogP contribution in [0.2, 0.25) is 0 Å². The fraction of sp³-hybridized carbons (Fsp3) is 0.529. The predicted octanol–water partition coefficient (Wildman–Crippen LogP) is 5.64. The van der Waals surface area contributed by atoms with Gasteiger partial charge in [0.2, 0.25) is 0 Å². The van der Waals surface area contributed by atoms with E-state index in [-0.39, 0.29) is 5.38 Å². The molecule has 1 aromatic carbocycles. The zero-order valence-electron chi connectivity index (χ0n) is 12.9. The summed E-state index contributed by atoms with van der Waals surface area (Å²) in [6, 6.07) is 3.95. The maximum absolute atomic E-state index is 6.52. The van der Waals surface area contributed by atoms with Gasteiger partial charge in [-0.3, -0.25) is 0 Å². The second-order valence-electron chi connectivity index (χ2n) is 5.66. The third-order valence-electron chi connectivity index (χ3n) is 3.73. The molecule has 0 spiro atoms. The lowest BCUT2D eigenvalue weighted by atomic mass is 10.00. The molecule has 1 heterocycles. The lowest BCUT2D eigenvalue weighted by Crippen LogP contribution is -1.97. The van der Waals surface area contributed by atoms with Crippen LogP contribution in [0.4, 0.5) is 0 Å². The predicted molar refractivity (Wildman–Crippen MR) is 84.9 cm³/mol. The number of benzene rings is 1. The van der Waals surface area contributed by atoms with Gasteiger partial charge in [-0.2, -0.15) is 0 Å². The Morgan fingerprint density at radius 1 is 1.30 bits per heavy atom. The Labute approximate surface area is 126 Å². The van der Waals surface area contributed by atoms with E-state index in [9.17, 15) is 0 Å². The summed E-state index contributed by atoms with van der Waals surface area (Å²) in [7, 11) is 1.71. The number of furan rings is 1. The Morgan fingerprint density at radius 2 is 2.00 bits per heavy atom. The molecule has 0 aliphatic heterocycles. The largest absolute Gasteiger partial charge is 0.496 e. The molecule has 20 heavy (non-hydrogen) atoms. The maximum Gasteiger partial charge on any atom is 0.135 e. The Balaban J connectivity index is 2.58. The molecule has 0 N–H and O–H groups in total. The van der Waals surface area contributed by atoms with Crippen molar-refractivity contribution in [1.82, 2.24) is 0 Å². The van der Waals surface area contributed by atoms with Gasteiger partial charge in [0, 0.05) is 16.5 Å². The molecule has 0 aliphatic rings. The van der Waals surface area contributed by atoms with Crippen molar-refractivity contribution in [3.8, 4) is 5.75 Å². The van der Waals surface area contributed by atoms with Crippen LogP contribution in [0.5, 0.6) is 5.75 Å². The molecule has 3 heteroatoms. The molecule has 0 radical (unpaired) electrons.